The minimum absolute atomic E-state index is 0.0444. The van der Waals surface area contributed by atoms with E-state index in [2.05, 4.69) is 4.74 Å². The van der Waals surface area contributed by atoms with E-state index >= 15 is 0 Å². The molecule has 0 aromatic heterocycles. The highest BCUT2D eigenvalue weighted by Gasteiger charge is 2.19. The van der Waals surface area contributed by atoms with E-state index in [1.54, 1.807) is 24.3 Å². The Hall–Kier alpha value is -3.32. The first-order chi connectivity index (χ1) is 13.4. The molecule has 0 aliphatic heterocycles. The Bertz CT molecular complexity index is 1150. The Morgan fingerprint density at radius 1 is 0.893 bits per heavy atom. The van der Waals surface area contributed by atoms with Crippen LogP contribution in [0.5, 0.6) is 11.5 Å². The third kappa shape index (κ3) is 4.32. The highest BCUT2D eigenvalue weighted by molar-refractivity contribution is 7.87. The molecule has 7 heteroatoms. The Kier molecular flexibility index (Phi) is 5.65. The van der Waals surface area contributed by atoms with Crippen molar-refractivity contribution in [1.29, 1.82) is 0 Å². The molecular formula is C21H18O6S. The highest BCUT2D eigenvalue weighted by atomic mass is 32.2. The van der Waals surface area contributed by atoms with Crippen LogP contribution in [0.25, 0.3) is 16.8 Å². The molecule has 0 aliphatic carbocycles. The number of benzene rings is 3. The monoisotopic (exact) mass is 398 g/mol. The molecule has 0 aliphatic rings. The Labute approximate surface area is 163 Å². The minimum atomic E-state index is -4.05. The largest absolute Gasteiger partial charge is 0.493 e. The molecule has 6 nitrogen and oxygen atoms in total. The maximum atomic E-state index is 12.7. The number of fused-ring (bicyclic) bond motifs is 1. The molecule has 28 heavy (non-hydrogen) atoms. The molecule has 3 aromatic carbocycles. The number of esters is 1. The molecule has 0 radical (unpaired) electrons. The van der Waals surface area contributed by atoms with Gasteiger partial charge in [-0.3, -0.25) is 0 Å². The summed E-state index contributed by atoms with van der Waals surface area (Å²) in [4.78, 5) is 11.2. The second kappa shape index (κ2) is 8.14. The van der Waals surface area contributed by atoms with E-state index in [0.29, 0.717) is 5.56 Å². The number of methoxy groups -OCH3 is 2. The first-order valence-corrected chi connectivity index (χ1v) is 9.71. The van der Waals surface area contributed by atoms with Gasteiger partial charge in [-0.2, -0.15) is 8.42 Å². The summed E-state index contributed by atoms with van der Waals surface area (Å²) in [6.07, 6.45) is 2.77. The molecule has 0 N–H and O–H groups in total. The van der Waals surface area contributed by atoms with Crippen LogP contribution in [0.1, 0.15) is 5.56 Å². The lowest BCUT2D eigenvalue weighted by Gasteiger charge is -2.12. The SMILES string of the molecule is COC(=O)/C=C/c1ccc(OS(=O)(=O)c2ccc3ccccc3c2)c(OC)c1. The van der Waals surface area contributed by atoms with E-state index in [1.807, 2.05) is 24.3 Å². The Morgan fingerprint density at radius 3 is 2.36 bits per heavy atom. The summed E-state index contributed by atoms with van der Waals surface area (Å²) >= 11 is 0. The first kappa shape index (κ1) is 19.4. The topological polar surface area (TPSA) is 78.9 Å². The number of rotatable bonds is 6. The van der Waals surface area contributed by atoms with Crippen molar-refractivity contribution in [1.82, 2.24) is 0 Å². The van der Waals surface area contributed by atoms with Crippen molar-refractivity contribution in [2.24, 2.45) is 0 Å². The van der Waals surface area contributed by atoms with Crippen LogP contribution < -0.4 is 8.92 Å². The summed E-state index contributed by atoms with van der Waals surface area (Å²) in [7, 11) is -1.37. The lowest BCUT2D eigenvalue weighted by molar-refractivity contribution is -0.134. The van der Waals surface area contributed by atoms with Gasteiger partial charge in [0.2, 0.25) is 0 Å². The molecule has 0 heterocycles. The van der Waals surface area contributed by atoms with Gasteiger partial charge < -0.3 is 13.7 Å². The molecule has 0 bridgehead atoms. The molecule has 0 atom stereocenters. The maximum Gasteiger partial charge on any atom is 0.339 e. The van der Waals surface area contributed by atoms with Crippen LogP contribution >= 0.6 is 0 Å². The fraction of sp³-hybridized carbons (Fsp3) is 0.0952. The molecule has 0 saturated carbocycles. The Balaban J connectivity index is 1.90. The van der Waals surface area contributed by atoms with Crippen LogP contribution in [0.4, 0.5) is 0 Å². The van der Waals surface area contributed by atoms with Crippen LogP contribution in [-0.2, 0) is 19.6 Å². The summed E-state index contributed by atoms with van der Waals surface area (Å²) in [5.74, 6) is -0.236. The number of hydrogen-bond donors (Lipinski definition) is 0. The van der Waals surface area contributed by atoms with Gasteiger partial charge in [0, 0.05) is 6.08 Å². The number of hydrogen-bond acceptors (Lipinski definition) is 6. The molecule has 0 fully saturated rings. The van der Waals surface area contributed by atoms with Crippen molar-refractivity contribution in [3.63, 3.8) is 0 Å². The fourth-order valence-electron chi connectivity index (χ4n) is 2.58. The van der Waals surface area contributed by atoms with Gasteiger partial charge in [-0.1, -0.05) is 36.4 Å². The Morgan fingerprint density at radius 2 is 1.64 bits per heavy atom. The van der Waals surface area contributed by atoms with Crippen molar-refractivity contribution in [2.45, 2.75) is 4.90 Å². The fourth-order valence-corrected chi connectivity index (χ4v) is 3.55. The van der Waals surface area contributed by atoms with E-state index in [0.717, 1.165) is 10.8 Å². The van der Waals surface area contributed by atoms with Crippen LogP contribution in [0.15, 0.2) is 71.6 Å². The first-order valence-electron chi connectivity index (χ1n) is 8.30. The highest BCUT2D eigenvalue weighted by Crippen LogP contribution is 2.31. The summed E-state index contributed by atoms with van der Waals surface area (Å²) in [6.45, 7) is 0. The van der Waals surface area contributed by atoms with Crippen molar-refractivity contribution >= 4 is 32.9 Å². The van der Waals surface area contributed by atoms with E-state index < -0.39 is 16.1 Å². The van der Waals surface area contributed by atoms with E-state index in [4.69, 9.17) is 8.92 Å². The summed E-state index contributed by atoms with van der Waals surface area (Å²) in [5, 5.41) is 1.73. The van der Waals surface area contributed by atoms with Gasteiger partial charge >= 0.3 is 16.1 Å². The average molecular weight is 398 g/mol. The standard InChI is InChI=1S/C21H18O6S/c1-25-20-13-15(8-12-21(22)26-2)7-11-19(20)27-28(23,24)18-10-9-16-5-3-4-6-17(16)14-18/h3-14H,1-2H3/b12-8+. The summed E-state index contributed by atoms with van der Waals surface area (Å²) in [5.41, 5.74) is 0.623. The van der Waals surface area contributed by atoms with E-state index in [1.165, 1.54) is 38.5 Å². The zero-order valence-corrected chi connectivity index (χ0v) is 16.1. The van der Waals surface area contributed by atoms with Crippen LogP contribution in [0.3, 0.4) is 0 Å². The van der Waals surface area contributed by atoms with Crippen LogP contribution in [0.2, 0.25) is 0 Å². The lowest BCUT2D eigenvalue weighted by atomic mass is 10.1. The molecule has 0 saturated heterocycles. The molecule has 3 aromatic rings. The molecule has 0 amide bonds. The minimum Gasteiger partial charge on any atom is -0.493 e. The van der Waals surface area contributed by atoms with E-state index in [-0.39, 0.29) is 16.4 Å². The van der Waals surface area contributed by atoms with Crippen LogP contribution in [0, 0.1) is 0 Å². The molecule has 0 unspecified atom stereocenters. The average Bonchev–Trinajstić information content (AvgIpc) is 2.72. The molecule has 3 rings (SSSR count). The van der Waals surface area contributed by atoms with Crippen molar-refractivity contribution in [3.8, 4) is 11.5 Å². The third-order valence-electron chi connectivity index (χ3n) is 4.01. The quantitative estimate of drug-likeness (QED) is 0.357. The second-order valence-corrected chi connectivity index (χ2v) is 7.36. The van der Waals surface area contributed by atoms with Gasteiger partial charge in [-0.05, 0) is 46.7 Å². The van der Waals surface area contributed by atoms with Crippen molar-refractivity contribution < 1.29 is 26.9 Å². The normalized spacial score (nSPS) is 11.5. The number of ether oxygens (including phenoxy) is 2. The molecular weight excluding hydrogens is 380 g/mol. The predicted molar refractivity (Wildman–Crippen MR) is 106 cm³/mol. The van der Waals surface area contributed by atoms with Gasteiger partial charge in [0.25, 0.3) is 0 Å². The molecule has 0 spiro atoms. The predicted octanol–water partition coefficient (Wildman–Crippen LogP) is 3.80. The third-order valence-corrected chi connectivity index (χ3v) is 5.24. The lowest BCUT2D eigenvalue weighted by Crippen LogP contribution is -2.10. The van der Waals surface area contributed by atoms with Gasteiger partial charge in [-0.25, -0.2) is 4.79 Å². The number of carbonyl (C=O) groups excluding carboxylic acids is 1. The van der Waals surface area contributed by atoms with Gasteiger partial charge in [0.05, 0.1) is 14.2 Å². The smallest absolute Gasteiger partial charge is 0.339 e. The van der Waals surface area contributed by atoms with Crippen LogP contribution in [-0.4, -0.2) is 28.6 Å². The van der Waals surface area contributed by atoms with Gasteiger partial charge in [-0.15, -0.1) is 0 Å². The summed E-state index contributed by atoms with van der Waals surface area (Å²) < 4.78 is 40.5. The summed E-state index contributed by atoms with van der Waals surface area (Å²) in [6, 6.07) is 16.9. The second-order valence-electron chi connectivity index (χ2n) is 5.81. The number of carbonyl (C=O) groups is 1. The van der Waals surface area contributed by atoms with Crippen molar-refractivity contribution in [2.75, 3.05) is 14.2 Å². The zero-order chi connectivity index (χ0) is 20.1. The maximum absolute atomic E-state index is 12.7. The van der Waals surface area contributed by atoms with Gasteiger partial charge in [0.1, 0.15) is 4.90 Å². The zero-order valence-electron chi connectivity index (χ0n) is 15.3. The van der Waals surface area contributed by atoms with Gasteiger partial charge in [0.15, 0.2) is 11.5 Å². The van der Waals surface area contributed by atoms with E-state index in [9.17, 15) is 13.2 Å². The molecule has 144 valence electrons. The van der Waals surface area contributed by atoms with Crippen molar-refractivity contribution in [3.05, 3.63) is 72.3 Å².